The predicted molar refractivity (Wildman–Crippen MR) is 101 cm³/mol. The molecule has 2 N–H and O–H groups in total. The summed E-state index contributed by atoms with van der Waals surface area (Å²) in [5.74, 6) is 0.560. The molecule has 0 amide bonds. The summed E-state index contributed by atoms with van der Waals surface area (Å²) in [6, 6.07) is 6.49. The van der Waals surface area contributed by atoms with E-state index in [0.29, 0.717) is 6.04 Å². The van der Waals surface area contributed by atoms with E-state index in [2.05, 4.69) is 16.3 Å². The average molecular weight is 370 g/mol. The first-order chi connectivity index (χ1) is 13.0. The van der Waals surface area contributed by atoms with Gasteiger partial charge in [0.05, 0.1) is 37.0 Å². The SMILES string of the molecule is COC(=O)C1=C2Nc3c(OC)cccc3[C@@]23CCN2C[C@H]([C@@H](C)O)[C@@H]1C[C@H]23. The third-order valence-corrected chi connectivity index (χ3v) is 7.33. The van der Waals surface area contributed by atoms with Crippen LogP contribution in [0.5, 0.6) is 5.75 Å². The minimum absolute atomic E-state index is 0.00716. The number of carbonyl (C=O) groups is 1. The van der Waals surface area contributed by atoms with Gasteiger partial charge in [0.15, 0.2) is 0 Å². The van der Waals surface area contributed by atoms with Crippen molar-refractivity contribution in [1.82, 2.24) is 4.90 Å². The zero-order chi connectivity index (χ0) is 18.9. The van der Waals surface area contributed by atoms with Crippen LogP contribution >= 0.6 is 0 Å². The number of nitrogens with one attached hydrogen (secondary N) is 1. The van der Waals surface area contributed by atoms with Crippen molar-refractivity contribution in [3.05, 3.63) is 35.0 Å². The van der Waals surface area contributed by atoms with Gasteiger partial charge in [-0.1, -0.05) is 12.1 Å². The smallest absolute Gasteiger partial charge is 0.335 e. The maximum atomic E-state index is 12.9. The van der Waals surface area contributed by atoms with Crippen LogP contribution in [0.4, 0.5) is 5.69 Å². The molecule has 2 fully saturated rings. The van der Waals surface area contributed by atoms with Crippen molar-refractivity contribution in [2.75, 3.05) is 32.6 Å². The molecule has 0 radical (unpaired) electrons. The highest BCUT2D eigenvalue weighted by Crippen LogP contribution is 2.62. The van der Waals surface area contributed by atoms with E-state index in [-0.39, 0.29) is 23.2 Å². The monoisotopic (exact) mass is 370 g/mol. The van der Waals surface area contributed by atoms with E-state index in [4.69, 9.17) is 9.47 Å². The van der Waals surface area contributed by atoms with Crippen LogP contribution in [0.3, 0.4) is 0 Å². The predicted octanol–water partition coefficient (Wildman–Crippen LogP) is 1.89. The summed E-state index contributed by atoms with van der Waals surface area (Å²) in [6.07, 6.45) is 1.37. The summed E-state index contributed by atoms with van der Waals surface area (Å²) in [7, 11) is 3.12. The van der Waals surface area contributed by atoms with Crippen LogP contribution < -0.4 is 10.1 Å². The molecule has 27 heavy (non-hydrogen) atoms. The molecule has 1 spiro atoms. The molecule has 2 saturated heterocycles. The highest BCUT2D eigenvalue weighted by atomic mass is 16.5. The van der Waals surface area contributed by atoms with Crippen molar-refractivity contribution in [3.63, 3.8) is 0 Å². The number of anilines is 1. The molecule has 6 heteroatoms. The van der Waals surface area contributed by atoms with Crippen molar-refractivity contribution < 1.29 is 19.4 Å². The summed E-state index contributed by atoms with van der Waals surface area (Å²) in [6.45, 7) is 3.63. The number of piperidine rings is 1. The molecule has 2 bridgehead atoms. The second-order valence-corrected chi connectivity index (χ2v) is 8.27. The fourth-order valence-corrected chi connectivity index (χ4v) is 6.19. The van der Waals surface area contributed by atoms with Gasteiger partial charge in [-0.05, 0) is 37.9 Å². The first-order valence-corrected chi connectivity index (χ1v) is 9.72. The number of hydrogen-bond donors (Lipinski definition) is 2. The van der Waals surface area contributed by atoms with Gasteiger partial charge >= 0.3 is 5.97 Å². The summed E-state index contributed by atoms with van der Waals surface area (Å²) < 4.78 is 10.8. The number of nitrogens with zero attached hydrogens (tertiary/aromatic N) is 1. The minimum Gasteiger partial charge on any atom is -0.495 e. The fraction of sp³-hybridized carbons (Fsp3) is 0.571. The zero-order valence-corrected chi connectivity index (χ0v) is 16.0. The number of carbonyl (C=O) groups excluding carboxylic acids is 1. The molecule has 4 aliphatic rings. The molecule has 6 nitrogen and oxygen atoms in total. The second kappa shape index (κ2) is 5.72. The molecule has 3 heterocycles. The second-order valence-electron chi connectivity index (χ2n) is 8.27. The number of para-hydroxylation sites is 1. The number of hydrogen-bond acceptors (Lipinski definition) is 6. The van der Waals surface area contributed by atoms with Gasteiger partial charge in [-0.3, -0.25) is 4.90 Å². The lowest BCUT2D eigenvalue weighted by Gasteiger charge is -2.51. The lowest BCUT2D eigenvalue weighted by atomic mass is 9.60. The molecule has 5 rings (SSSR count). The van der Waals surface area contributed by atoms with Crippen molar-refractivity contribution in [3.8, 4) is 5.75 Å². The van der Waals surface area contributed by atoms with Crippen LogP contribution in [-0.2, 0) is 14.9 Å². The van der Waals surface area contributed by atoms with Gasteiger partial charge in [-0.25, -0.2) is 4.79 Å². The van der Waals surface area contributed by atoms with Crippen LogP contribution in [0, 0.1) is 11.8 Å². The Labute approximate surface area is 159 Å². The Balaban J connectivity index is 1.78. The van der Waals surface area contributed by atoms with Crippen LogP contribution in [0.1, 0.15) is 25.3 Å². The largest absolute Gasteiger partial charge is 0.495 e. The van der Waals surface area contributed by atoms with Gasteiger partial charge in [0.25, 0.3) is 0 Å². The molecule has 3 aliphatic heterocycles. The van der Waals surface area contributed by atoms with Crippen LogP contribution in [-0.4, -0.2) is 55.4 Å². The highest BCUT2D eigenvalue weighted by molar-refractivity contribution is 5.94. The lowest BCUT2D eigenvalue weighted by Crippen LogP contribution is -2.57. The maximum Gasteiger partial charge on any atom is 0.335 e. The number of ether oxygens (including phenoxy) is 2. The van der Waals surface area contributed by atoms with E-state index in [1.807, 2.05) is 19.1 Å². The molecular formula is C21H26N2O4. The Morgan fingerprint density at radius 1 is 1.41 bits per heavy atom. The van der Waals surface area contributed by atoms with Gasteiger partial charge < -0.3 is 19.9 Å². The molecule has 1 aromatic carbocycles. The summed E-state index contributed by atoms with van der Waals surface area (Å²) in [5.41, 5.74) is 3.68. The van der Waals surface area contributed by atoms with E-state index < -0.39 is 6.10 Å². The fourth-order valence-electron chi connectivity index (χ4n) is 6.19. The summed E-state index contributed by atoms with van der Waals surface area (Å²) in [4.78, 5) is 15.4. The molecule has 0 unspecified atom stereocenters. The Morgan fingerprint density at radius 3 is 2.93 bits per heavy atom. The third kappa shape index (κ3) is 2.00. The molecule has 1 aliphatic carbocycles. The van der Waals surface area contributed by atoms with Gasteiger partial charge in [0.1, 0.15) is 5.75 Å². The molecule has 1 aromatic rings. The number of esters is 1. The van der Waals surface area contributed by atoms with Gasteiger partial charge in [0, 0.05) is 30.1 Å². The third-order valence-electron chi connectivity index (χ3n) is 7.33. The summed E-state index contributed by atoms with van der Waals surface area (Å²) >= 11 is 0. The van der Waals surface area contributed by atoms with Crippen LogP contribution in [0.2, 0.25) is 0 Å². The highest BCUT2D eigenvalue weighted by Gasteiger charge is 2.63. The van der Waals surface area contributed by atoms with Gasteiger partial charge in [0.2, 0.25) is 0 Å². The van der Waals surface area contributed by atoms with Gasteiger partial charge in [-0.2, -0.15) is 0 Å². The number of aliphatic hydroxyl groups is 1. The van der Waals surface area contributed by atoms with Gasteiger partial charge in [-0.15, -0.1) is 0 Å². The number of fused-ring (bicyclic) bond motifs is 2. The van der Waals surface area contributed by atoms with Crippen LogP contribution in [0.25, 0.3) is 0 Å². The molecule has 0 aromatic heterocycles. The van der Waals surface area contributed by atoms with Crippen molar-refractivity contribution in [2.45, 2.75) is 37.3 Å². The van der Waals surface area contributed by atoms with E-state index in [9.17, 15) is 9.90 Å². The summed E-state index contributed by atoms with van der Waals surface area (Å²) in [5, 5.41) is 14.0. The number of aliphatic hydroxyl groups excluding tert-OH is 1. The van der Waals surface area contributed by atoms with E-state index in [1.165, 1.54) is 12.7 Å². The van der Waals surface area contributed by atoms with E-state index in [1.54, 1.807) is 7.11 Å². The van der Waals surface area contributed by atoms with Crippen molar-refractivity contribution in [1.29, 1.82) is 0 Å². The Bertz CT molecular complexity index is 849. The quantitative estimate of drug-likeness (QED) is 0.792. The zero-order valence-electron chi connectivity index (χ0n) is 16.0. The van der Waals surface area contributed by atoms with E-state index in [0.717, 1.165) is 48.6 Å². The first kappa shape index (κ1) is 17.1. The lowest BCUT2D eigenvalue weighted by molar-refractivity contribution is -0.138. The topological polar surface area (TPSA) is 71.0 Å². The van der Waals surface area contributed by atoms with Crippen molar-refractivity contribution in [2.24, 2.45) is 11.8 Å². The van der Waals surface area contributed by atoms with E-state index >= 15 is 0 Å². The molecular weight excluding hydrogens is 344 g/mol. The Kier molecular flexibility index (Phi) is 3.62. The Hall–Kier alpha value is -2.05. The number of benzene rings is 1. The average Bonchev–Trinajstić information content (AvgIpc) is 3.23. The first-order valence-electron chi connectivity index (χ1n) is 9.72. The minimum atomic E-state index is -0.470. The maximum absolute atomic E-state index is 12.9. The molecule has 5 atom stereocenters. The Morgan fingerprint density at radius 2 is 2.22 bits per heavy atom. The molecule has 144 valence electrons. The van der Waals surface area contributed by atoms with Crippen molar-refractivity contribution >= 4 is 11.7 Å². The number of rotatable bonds is 3. The normalized spacial score (nSPS) is 34.6. The van der Waals surface area contributed by atoms with Crippen LogP contribution in [0.15, 0.2) is 29.5 Å². The molecule has 0 saturated carbocycles. The number of methoxy groups -OCH3 is 2. The standard InChI is InChI=1S/C21H26N2O4/c1-11(24)13-10-23-8-7-21-14-5-4-6-15(26-2)18(14)22-19(21)17(20(25)27-3)12(13)9-16(21)23/h4-6,11-13,16,22,24H,7-10H2,1-3H3/t11-,12+,13-,16+,21-/m1/s1.